The van der Waals surface area contributed by atoms with Crippen LogP contribution in [-0.2, 0) is 3.02 Å². The fraction of sp³-hybridized carbons (Fsp3) is 0. The molecule has 0 amide bonds. The number of halogens is 2. The van der Waals surface area contributed by atoms with Crippen molar-refractivity contribution < 1.29 is 22.6 Å². The third-order valence-corrected chi connectivity index (χ3v) is 0. The normalized spacial score (nSPS) is 8.43. The third-order valence-electron chi connectivity index (χ3n) is 0. The van der Waals surface area contributed by atoms with Crippen LogP contribution in [-0.4, -0.2) is 30.2 Å². The van der Waals surface area contributed by atoms with Gasteiger partial charge >= 0.3 is 33.2 Å². The van der Waals surface area contributed by atoms with Gasteiger partial charge < -0.3 is 0 Å². The zero-order chi connectivity index (χ0) is 4.50. The average molecular weight is 228 g/mol. The molecule has 7 heavy (non-hydrogen) atoms. The third kappa shape index (κ3) is 941. The first kappa shape index (κ1) is 15.7. The van der Waals surface area contributed by atoms with E-state index >= 15 is 0 Å². The molecule has 0 heterocycles. The Morgan fingerprint density at radius 3 is 1.14 bits per heavy atom. The summed E-state index contributed by atoms with van der Waals surface area (Å²) in [6.45, 7) is 0. The SMILES string of the molecule is F.[F].[O]=[Sb]([OH])([OH])[OH]. The molecule has 0 spiro atoms. The molecule has 0 saturated carbocycles. The van der Waals surface area contributed by atoms with Crippen molar-refractivity contribution in [2.45, 2.75) is 0 Å². The van der Waals surface area contributed by atoms with Gasteiger partial charge in [-0.15, -0.1) is 0 Å². The van der Waals surface area contributed by atoms with Crippen molar-refractivity contribution in [2.75, 3.05) is 0 Å². The van der Waals surface area contributed by atoms with Crippen molar-refractivity contribution in [1.82, 2.24) is 0 Å². The van der Waals surface area contributed by atoms with Crippen molar-refractivity contribution in [1.29, 1.82) is 0 Å². The molecule has 0 unspecified atom stereocenters. The van der Waals surface area contributed by atoms with Gasteiger partial charge in [0.25, 0.3) is 0 Å². The van der Waals surface area contributed by atoms with E-state index in [1.807, 2.05) is 0 Å². The van der Waals surface area contributed by atoms with Crippen LogP contribution in [0.15, 0.2) is 0 Å². The molecule has 0 rings (SSSR count). The van der Waals surface area contributed by atoms with Crippen LogP contribution in [0.25, 0.3) is 0 Å². The summed E-state index contributed by atoms with van der Waals surface area (Å²) in [5.41, 5.74) is 0. The van der Waals surface area contributed by atoms with Gasteiger partial charge in [0.2, 0.25) is 0 Å². The summed E-state index contributed by atoms with van der Waals surface area (Å²) in [4.78, 5) is 0. The molecule has 3 N–H and O–H groups in total. The molecule has 0 aromatic heterocycles. The van der Waals surface area contributed by atoms with Crippen LogP contribution in [0.1, 0.15) is 0 Å². The summed E-state index contributed by atoms with van der Waals surface area (Å²) in [7, 11) is 0. The Kier molecular flexibility index (Phi) is 10.1. The van der Waals surface area contributed by atoms with E-state index in [1.165, 1.54) is 0 Å². The molecule has 0 atom stereocenters. The first-order valence-electron chi connectivity index (χ1n) is 0.783. The average Bonchev–Trinajstić information content (AvgIpc) is 0.722. The minimum atomic E-state index is -5.35. The fourth-order valence-corrected chi connectivity index (χ4v) is 0. The van der Waals surface area contributed by atoms with E-state index < -0.39 is 20.1 Å². The fourth-order valence-electron chi connectivity index (χ4n) is 0. The van der Waals surface area contributed by atoms with Crippen LogP contribution < -0.4 is 0 Å². The van der Waals surface area contributed by atoms with E-state index in [0.717, 1.165) is 0 Å². The predicted octanol–water partition coefficient (Wildman–Crippen LogP) is -1.60. The Morgan fingerprint density at radius 1 is 1.14 bits per heavy atom. The Hall–Kier alpha value is 0.358. The molecule has 0 aliphatic heterocycles. The molecular formula is H4F2O4Sb. The first-order valence-corrected chi connectivity index (χ1v) is 5.25. The van der Waals surface area contributed by atoms with E-state index in [1.54, 1.807) is 0 Å². The maximum absolute atomic E-state index is 8.97. The molecule has 0 saturated heterocycles. The Labute approximate surface area is 43.2 Å². The Morgan fingerprint density at radius 2 is 1.14 bits per heavy atom. The van der Waals surface area contributed by atoms with Gasteiger partial charge in [-0.05, 0) is 0 Å². The van der Waals surface area contributed by atoms with Crippen molar-refractivity contribution >= 4 is 20.1 Å². The summed E-state index contributed by atoms with van der Waals surface area (Å²) in [6.07, 6.45) is 0. The zero-order valence-corrected chi connectivity index (χ0v) is 5.54. The molecule has 0 aliphatic rings. The van der Waals surface area contributed by atoms with Crippen LogP contribution >= 0.6 is 0 Å². The van der Waals surface area contributed by atoms with Gasteiger partial charge in [0, 0.05) is 4.70 Å². The van der Waals surface area contributed by atoms with Crippen LogP contribution in [0.4, 0.5) is 9.41 Å². The van der Waals surface area contributed by atoms with Crippen LogP contribution in [0.5, 0.6) is 0 Å². The second-order valence-electron chi connectivity index (χ2n) is 0.513. The molecule has 1 radical (unpaired) electrons. The summed E-state index contributed by atoms with van der Waals surface area (Å²) >= 11 is -5.35. The topological polar surface area (TPSA) is 77.8 Å². The van der Waals surface area contributed by atoms with Gasteiger partial charge in [-0.2, -0.15) is 0 Å². The zero-order valence-electron chi connectivity index (χ0n) is 2.98. The van der Waals surface area contributed by atoms with E-state index in [2.05, 4.69) is 0 Å². The molecule has 0 fully saturated rings. The van der Waals surface area contributed by atoms with Gasteiger partial charge in [0.1, 0.15) is 0 Å². The van der Waals surface area contributed by atoms with Gasteiger partial charge in [-0.1, -0.05) is 0 Å². The van der Waals surface area contributed by atoms with E-state index in [-0.39, 0.29) is 9.41 Å². The van der Waals surface area contributed by atoms with Gasteiger partial charge in [0.05, 0.1) is 0 Å². The van der Waals surface area contributed by atoms with E-state index in [9.17, 15) is 0 Å². The monoisotopic (exact) mass is 227 g/mol. The molecule has 0 bridgehead atoms. The molecular weight excluding hydrogens is 224 g/mol. The van der Waals surface area contributed by atoms with Gasteiger partial charge in [0.15, 0.2) is 0 Å². The van der Waals surface area contributed by atoms with Crippen molar-refractivity contribution in [3.63, 3.8) is 0 Å². The molecule has 0 aromatic carbocycles. The van der Waals surface area contributed by atoms with E-state index in [4.69, 9.17) is 13.2 Å². The van der Waals surface area contributed by atoms with Crippen LogP contribution in [0.3, 0.4) is 0 Å². The first-order chi connectivity index (χ1) is 2.00. The Bertz CT molecular complexity index is 55.8. The second-order valence-corrected chi connectivity index (χ2v) is 3.44. The number of rotatable bonds is 0. The summed E-state index contributed by atoms with van der Waals surface area (Å²) in [5, 5.41) is 0. The molecule has 4 nitrogen and oxygen atoms in total. The summed E-state index contributed by atoms with van der Waals surface area (Å²) in [5.74, 6) is 0. The van der Waals surface area contributed by atoms with Crippen molar-refractivity contribution in [3.05, 3.63) is 0 Å². The molecule has 0 aliphatic carbocycles. The quantitative estimate of drug-likeness (QED) is 0.436. The second kappa shape index (κ2) is 4.52. The van der Waals surface area contributed by atoms with Gasteiger partial charge in [-0.25, -0.2) is 0 Å². The standard InChI is InChI=1S/FH.F.3H2O.O.Sb/h1H;;3*1H2;;/q;;;;;;+3/p-3. The number of hydrogen-bond acceptors (Lipinski definition) is 1. The van der Waals surface area contributed by atoms with Crippen LogP contribution in [0.2, 0.25) is 0 Å². The maximum atomic E-state index is 8.97. The number of hydrogen-bond donors (Lipinski definition) is 3. The van der Waals surface area contributed by atoms with Crippen molar-refractivity contribution in [3.8, 4) is 0 Å². The molecule has 47 valence electrons. The predicted molar refractivity (Wildman–Crippen MR) is 16.7 cm³/mol. The van der Waals surface area contributed by atoms with Gasteiger partial charge in [-0.3, -0.25) is 4.70 Å². The van der Waals surface area contributed by atoms with Crippen LogP contribution in [0, 0.1) is 0 Å². The minimum absolute atomic E-state index is 0. The molecule has 7 heteroatoms. The summed E-state index contributed by atoms with van der Waals surface area (Å²) in [6, 6.07) is 0. The molecule has 0 aromatic rings. The Balaban J connectivity index is -0.0000000800. The van der Waals surface area contributed by atoms with Crippen molar-refractivity contribution in [2.24, 2.45) is 0 Å². The summed E-state index contributed by atoms with van der Waals surface area (Å²) < 4.78 is 30.8. The van der Waals surface area contributed by atoms with E-state index in [0.29, 0.717) is 0 Å².